The van der Waals surface area contributed by atoms with Crippen molar-refractivity contribution in [3.63, 3.8) is 0 Å². The van der Waals surface area contributed by atoms with Crippen LogP contribution >= 0.6 is 0 Å². The first-order chi connectivity index (χ1) is 28.2. The largest absolute Gasteiger partial charge is 0.462 e. The van der Waals surface area contributed by atoms with E-state index in [2.05, 4.69) is 34.6 Å². The molecule has 6 nitrogen and oxygen atoms in total. The number of hydrogen-bond donors (Lipinski definition) is 0. The molecule has 0 saturated heterocycles. The summed E-state index contributed by atoms with van der Waals surface area (Å²) in [4.78, 5) is 37.9. The van der Waals surface area contributed by atoms with E-state index in [9.17, 15) is 14.4 Å². The van der Waals surface area contributed by atoms with E-state index in [0.29, 0.717) is 19.3 Å². The van der Waals surface area contributed by atoms with Crippen LogP contribution in [0.15, 0.2) is 0 Å². The molecule has 0 aliphatic heterocycles. The molecule has 0 N–H and O–H groups in total. The molecule has 0 aliphatic rings. The van der Waals surface area contributed by atoms with E-state index in [4.69, 9.17) is 14.2 Å². The average Bonchev–Trinajstić information content (AvgIpc) is 3.19. The smallest absolute Gasteiger partial charge is 0.306 e. The maximum atomic E-state index is 12.8. The molecule has 0 fully saturated rings. The van der Waals surface area contributed by atoms with Crippen molar-refractivity contribution < 1.29 is 28.6 Å². The molecule has 344 valence electrons. The highest BCUT2D eigenvalue weighted by Gasteiger charge is 2.19. The first kappa shape index (κ1) is 56.4. The van der Waals surface area contributed by atoms with Crippen molar-refractivity contribution in [1.82, 2.24) is 0 Å². The van der Waals surface area contributed by atoms with Gasteiger partial charge in [0.1, 0.15) is 13.2 Å². The Bertz CT molecular complexity index is 885. The minimum absolute atomic E-state index is 0.0637. The molecule has 0 aliphatic carbocycles. The second kappa shape index (κ2) is 44.9. The fraction of sp³-hybridized carbons (Fsp3) is 0.942. The number of unbranched alkanes of at least 4 members (excludes halogenated alkanes) is 31. The lowest BCUT2D eigenvalue weighted by Gasteiger charge is -2.18. The average molecular weight is 821 g/mol. The van der Waals surface area contributed by atoms with E-state index in [1.807, 2.05) is 0 Å². The van der Waals surface area contributed by atoms with Gasteiger partial charge in [-0.25, -0.2) is 0 Å². The molecule has 0 radical (unpaired) electrons. The lowest BCUT2D eigenvalue weighted by Crippen LogP contribution is -2.30. The monoisotopic (exact) mass is 821 g/mol. The summed E-state index contributed by atoms with van der Waals surface area (Å²) in [5.41, 5.74) is 0. The molecule has 0 aromatic heterocycles. The molecular formula is C52H100O6. The predicted molar refractivity (Wildman–Crippen MR) is 247 cm³/mol. The molecule has 0 spiro atoms. The molecule has 0 saturated carbocycles. The van der Waals surface area contributed by atoms with Crippen LogP contribution in [0.1, 0.15) is 285 Å². The SMILES string of the molecule is CCCCCCCCCCCCCCC(=O)OC[C@H](COC(=O)CCCCCCCCCCCCC(C)C)OC(=O)CCCCCCCCCCCCCCC(C)C. The Kier molecular flexibility index (Phi) is 43.7. The molecule has 58 heavy (non-hydrogen) atoms. The van der Waals surface area contributed by atoms with Crippen LogP contribution in [-0.2, 0) is 28.6 Å². The number of hydrogen-bond acceptors (Lipinski definition) is 6. The quantitative estimate of drug-likeness (QED) is 0.0346. The Labute approximate surface area is 361 Å². The van der Waals surface area contributed by atoms with Gasteiger partial charge in [0, 0.05) is 19.3 Å². The first-order valence-electron chi connectivity index (χ1n) is 25.7. The predicted octanol–water partition coefficient (Wildman–Crippen LogP) is 16.5. The van der Waals surface area contributed by atoms with Gasteiger partial charge < -0.3 is 14.2 Å². The zero-order chi connectivity index (χ0) is 42.6. The summed E-state index contributed by atoms with van der Waals surface area (Å²) < 4.78 is 16.8. The van der Waals surface area contributed by atoms with Gasteiger partial charge in [-0.15, -0.1) is 0 Å². The Morgan fingerprint density at radius 3 is 0.845 bits per heavy atom. The fourth-order valence-electron chi connectivity index (χ4n) is 7.81. The van der Waals surface area contributed by atoms with Crippen LogP contribution in [0.25, 0.3) is 0 Å². The van der Waals surface area contributed by atoms with Crippen LogP contribution in [0.4, 0.5) is 0 Å². The van der Waals surface area contributed by atoms with Gasteiger partial charge in [-0.2, -0.15) is 0 Å². The summed E-state index contributed by atoms with van der Waals surface area (Å²) in [6.45, 7) is 11.4. The standard InChI is InChI=1S/C52H100O6/c1-6-7-8-9-10-11-12-16-22-27-32-37-42-50(53)56-45-49(46-57-51(54)43-38-33-28-23-19-18-21-26-31-36-41-48(4)5)58-52(55)44-39-34-29-24-17-14-13-15-20-25-30-35-40-47(2)3/h47-49H,6-46H2,1-5H3/t49-/m1/s1. The number of carbonyl (C=O) groups is 3. The third-order valence-electron chi connectivity index (χ3n) is 11.7. The van der Waals surface area contributed by atoms with Crippen molar-refractivity contribution in [2.24, 2.45) is 11.8 Å². The number of ether oxygens (including phenoxy) is 3. The summed E-state index contributed by atoms with van der Waals surface area (Å²) in [7, 11) is 0. The van der Waals surface area contributed by atoms with Crippen LogP contribution in [0.3, 0.4) is 0 Å². The van der Waals surface area contributed by atoms with E-state index < -0.39 is 6.10 Å². The Balaban J connectivity index is 4.32. The highest BCUT2D eigenvalue weighted by atomic mass is 16.6. The molecule has 0 unspecified atom stereocenters. The van der Waals surface area contributed by atoms with Crippen molar-refractivity contribution in [2.45, 2.75) is 291 Å². The zero-order valence-electron chi connectivity index (χ0n) is 39.7. The van der Waals surface area contributed by atoms with Gasteiger partial charge in [0.25, 0.3) is 0 Å². The number of esters is 3. The molecule has 6 heteroatoms. The number of rotatable bonds is 46. The second-order valence-electron chi connectivity index (χ2n) is 18.8. The van der Waals surface area contributed by atoms with Gasteiger partial charge in [-0.05, 0) is 31.1 Å². The van der Waals surface area contributed by atoms with Crippen molar-refractivity contribution in [1.29, 1.82) is 0 Å². The molecule has 0 rings (SSSR count). The lowest BCUT2D eigenvalue weighted by molar-refractivity contribution is -0.167. The van der Waals surface area contributed by atoms with Gasteiger partial charge in [0.2, 0.25) is 0 Å². The van der Waals surface area contributed by atoms with Crippen LogP contribution in [-0.4, -0.2) is 37.2 Å². The molecular weight excluding hydrogens is 721 g/mol. The van der Waals surface area contributed by atoms with Crippen molar-refractivity contribution in [3.8, 4) is 0 Å². The van der Waals surface area contributed by atoms with Crippen molar-refractivity contribution in [3.05, 3.63) is 0 Å². The zero-order valence-corrected chi connectivity index (χ0v) is 39.7. The van der Waals surface area contributed by atoms with Gasteiger partial charge in [-0.3, -0.25) is 14.4 Å². The fourth-order valence-corrected chi connectivity index (χ4v) is 7.81. The number of carbonyl (C=O) groups excluding carboxylic acids is 3. The normalized spacial score (nSPS) is 12.1. The Morgan fingerprint density at radius 2 is 0.569 bits per heavy atom. The van der Waals surface area contributed by atoms with E-state index >= 15 is 0 Å². The molecule has 0 amide bonds. The van der Waals surface area contributed by atoms with Crippen LogP contribution < -0.4 is 0 Å². The highest BCUT2D eigenvalue weighted by molar-refractivity contribution is 5.71. The van der Waals surface area contributed by atoms with E-state index in [1.54, 1.807) is 0 Å². The third-order valence-corrected chi connectivity index (χ3v) is 11.7. The van der Waals surface area contributed by atoms with Gasteiger partial charge in [0.05, 0.1) is 0 Å². The summed E-state index contributed by atoms with van der Waals surface area (Å²) in [5, 5.41) is 0. The highest BCUT2D eigenvalue weighted by Crippen LogP contribution is 2.17. The maximum Gasteiger partial charge on any atom is 0.306 e. The van der Waals surface area contributed by atoms with E-state index in [1.165, 1.54) is 173 Å². The first-order valence-corrected chi connectivity index (χ1v) is 25.7. The summed E-state index contributed by atoms with van der Waals surface area (Å²) in [6, 6.07) is 0. The minimum Gasteiger partial charge on any atom is -0.462 e. The maximum absolute atomic E-state index is 12.8. The van der Waals surface area contributed by atoms with Gasteiger partial charge in [0.15, 0.2) is 6.10 Å². The summed E-state index contributed by atoms with van der Waals surface area (Å²) in [5.74, 6) is 0.802. The summed E-state index contributed by atoms with van der Waals surface area (Å²) in [6.07, 6.45) is 45.1. The Morgan fingerprint density at radius 1 is 0.328 bits per heavy atom. The van der Waals surface area contributed by atoms with Crippen LogP contribution in [0.5, 0.6) is 0 Å². The summed E-state index contributed by atoms with van der Waals surface area (Å²) >= 11 is 0. The minimum atomic E-state index is -0.761. The van der Waals surface area contributed by atoms with E-state index in [-0.39, 0.29) is 31.1 Å². The molecule has 1 atom stereocenters. The topological polar surface area (TPSA) is 78.9 Å². The van der Waals surface area contributed by atoms with Crippen LogP contribution in [0.2, 0.25) is 0 Å². The third kappa shape index (κ3) is 45.5. The van der Waals surface area contributed by atoms with Gasteiger partial charge >= 0.3 is 17.9 Å². The van der Waals surface area contributed by atoms with Crippen molar-refractivity contribution in [2.75, 3.05) is 13.2 Å². The Hall–Kier alpha value is -1.59. The molecule has 0 aromatic rings. The molecule has 0 bridgehead atoms. The molecule has 0 aromatic carbocycles. The lowest BCUT2D eigenvalue weighted by atomic mass is 10.0. The van der Waals surface area contributed by atoms with Gasteiger partial charge in [-0.1, -0.05) is 247 Å². The van der Waals surface area contributed by atoms with Crippen molar-refractivity contribution >= 4 is 17.9 Å². The second-order valence-corrected chi connectivity index (χ2v) is 18.8. The molecule has 0 heterocycles. The van der Waals surface area contributed by atoms with E-state index in [0.717, 1.165) is 69.6 Å². The van der Waals surface area contributed by atoms with Crippen LogP contribution in [0, 0.1) is 11.8 Å².